The van der Waals surface area contributed by atoms with Gasteiger partial charge in [-0.2, -0.15) is 4.98 Å². The van der Waals surface area contributed by atoms with Gasteiger partial charge < -0.3 is 30.2 Å². The van der Waals surface area contributed by atoms with Crippen LogP contribution in [-0.2, 0) is 19.2 Å². The molecule has 2 aliphatic carbocycles. The number of benzene rings is 1. The number of likely N-dealkylation sites (tertiary alicyclic amines) is 1. The average Bonchev–Trinajstić information content (AvgIpc) is 4.41. The van der Waals surface area contributed by atoms with Gasteiger partial charge in [0.15, 0.2) is 5.78 Å². The number of thiazole rings is 1. The van der Waals surface area contributed by atoms with Crippen molar-refractivity contribution in [1.29, 1.82) is 0 Å². The smallest absolute Gasteiger partial charge is 0.263 e. The number of halogens is 1. The number of piperazine rings is 1. The Morgan fingerprint density at radius 3 is 2.21 bits per heavy atom. The van der Waals surface area contributed by atoms with E-state index >= 15 is 0 Å². The summed E-state index contributed by atoms with van der Waals surface area (Å²) in [5.74, 6) is -0.791. The van der Waals surface area contributed by atoms with Gasteiger partial charge in [0.25, 0.3) is 5.56 Å². The molecule has 2 saturated heterocycles. The van der Waals surface area contributed by atoms with Gasteiger partial charge in [0.1, 0.15) is 40.1 Å². The van der Waals surface area contributed by atoms with Crippen LogP contribution in [0.1, 0.15) is 172 Å². The first-order valence-corrected chi connectivity index (χ1v) is 28.9. The van der Waals surface area contributed by atoms with E-state index in [1.807, 2.05) is 17.0 Å². The summed E-state index contributed by atoms with van der Waals surface area (Å²) in [4.78, 5) is 120. The molecule has 2 unspecified atom stereocenters. The van der Waals surface area contributed by atoms with Crippen LogP contribution in [0.3, 0.4) is 0 Å². The number of carbonyl (C=O) groups is 6. The van der Waals surface area contributed by atoms with Gasteiger partial charge in [0.05, 0.1) is 23.5 Å². The number of likely N-dealkylation sites (N-methyl/N-ethyl adjacent to an activating group) is 1. The molecule has 4 aliphatic rings. The van der Waals surface area contributed by atoms with Crippen molar-refractivity contribution in [2.24, 2.45) is 5.92 Å². The van der Waals surface area contributed by atoms with Gasteiger partial charge in [0.2, 0.25) is 35.4 Å². The molecule has 4 amide bonds. The van der Waals surface area contributed by atoms with Gasteiger partial charge in [-0.15, -0.1) is 11.3 Å². The van der Waals surface area contributed by atoms with Gasteiger partial charge in [-0.05, 0) is 120 Å². The second-order valence-corrected chi connectivity index (χ2v) is 22.5. The topological polar surface area (TPSA) is 213 Å². The average molecular weight is 1090 g/mol. The zero-order chi connectivity index (χ0) is 55.0. The van der Waals surface area contributed by atoms with Gasteiger partial charge >= 0.3 is 0 Å². The number of nitrogens with one attached hydrogen (secondary N) is 2. The number of rotatable bonds is 20. The molecule has 4 fully saturated rings. The van der Waals surface area contributed by atoms with Crippen LogP contribution in [-0.4, -0.2) is 126 Å². The number of aromatic nitrogens is 5. The Bertz CT molecular complexity index is 3060. The summed E-state index contributed by atoms with van der Waals surface area (Å²) < 4.78 is 15.2. The number of unbranched alkanes of at least 4 members (excludes halogenated alkanes) is 3. The van der Waals surface area contributed by atoms with Crippen molar-refractivity contribution in [3.63, 3.8) is 0 Å². The lowest BCUT2D eigenvalue weighted by atomic mass is 9.83. The van der Waals surface area contributed by atoms with Gasteiger partial charge in [-0.1, -0.05) is 44.9 Å². The highest BCUT2D eigenvalue weighted by Crippen LogP contribution is 2.37. The molecule has 414 valence electrons. The molecule has 2 saturated carbocycles. The summed E-state index contributed by atoms with van der Waals surface area (Å²) in [7, 11) is 1.63. The summed E-state index contributed by atoms with van der Waals surface area (Å²) in [5, 5.41) is 9.29. The molecule has 4 aromatic heterocycles. The van der Waals surface area contributed by atoms with E-state index in [9.17, 15) is 38.0 Å². The molecule has 18 nitrogen and oxygen atoms in total. The second kappa shape index (κ2) is 25.2. The first-order valence-electron chi connectivity index (χ1n) is 28.0. The Hall–Kier alpha value is -6.96. The number of hydrogen-bond donors (Lipinski definition) is 2. The number of hydrogen-bond acceptors (Lipinski definition) is 14. The lowest BCUT2D eigenvalue weighted by Gasteiger charge is -2.36. The van der Waals surface area contributed by atoms with Crippen LogP contribution in [0, 0.1) is 18.7 Å². The zero-order valence-corrected chi connectivity index (χ0v) is 46.1. The molecule has 78 heavy (non-hydrogen) atoms. The van der Waals surface area contributed by atoms with E-state index in [0.717, 1.165) is 82.7 Å². The SMILES string of the molecule is CC(=O)c1c(C)c2cnc(Nc3ccc(N4CCN(C(=O)CCCCCCC(=O)N(C)C(C)C(=O)NC(C(=O)N5CCC[C@H]5c5nc(C(=O)c6ccc(F)cc6)cs5)C5CCCCC5)CC4)cn3)nc2n(C2CCCC2)c1=O. The van der Waals surface area contributed by atoms with Crippen molar-refractivity contribution in [3.8, 4) is 0 Å². The normalized spacial score (nSPS) is 18.0. The van der Waals surface area contributed by atoms with E-state index in [1.165, 1.54) is 47.4 Å². The molecule has 9 rings (SSSR count). The second-order valence-electron chi connectivity index (χ2n) is 21.6. The van der Waals surface area contributed by atoms with E-state index in [2.05, 4.69) is 30.5 Å². The van der Waals surface area contributed by atoms with Crippen LogP contribution in [0.5, 0.6) is 0 Å². The van der Waals surface area contributed by atoms with Gasteiger partial charge in [0, 0.05) is 81.2 Å². The Morgan fingerprint density at radius 2 is 1.51 bits per heavy atom. The van der Waals surface area contributed by atoms with E-state index in [-0.39, 0.29) is 76.4 Å². The first-order chi connectivity index (χ1) is 37.7. The minimum atomic E-state index is -0.800. The number of fused-ring (bicyclic) bond motifs is 1. The molecular formula is C58H72FN11O7S. The molecule has 5 aromatic rings. The maximum Gasteiger partial charge on any atom is 0.263 e. The van der Waals surface area contributed by atoms with Crippen molar-refractivity contribution in [1.82, 2.24) is 44.5 Å². The maximum absolute atomic E-state index is 14.5. The third-order valence-corrected chi connectivity index (χ3v) is 17.4. The maximum atomic E-state index is 14.5. The standard InChI is InChI=1S/C58H72FN11O7S/c1-36-44-34-61-58(65-53(44)70(42-17-12-13-18-42)56(76)50(36)38(3)71)63-47-27-26-43(33-60-47)67-29-31-68(32-30-67)49(73)21-11-6-5-10-20-48(72)66(4)37(2)54(75)64-51(39-15-8-7-9-16-39)57(77)69-28-14-19-46(69)55-62-45(35-78-55)52(74)40-22-24-41(59)25-23-40/h22-27,33-35,37,39,42,46,51H,5-21,28-32H2,1-4H3,(H,64,75)(H,60,61,63,65)/t37?,46-,51?/m0/s1. The van der Waals surface area contributed by atoms with E-state index < -0.39 is 17.9 Å². The van der Waals surface area contributed by atoms with Gasteiger partial charge in [-0.3, -0.25) is 38.1 Å². The van der Waals surface area contributed by atoms with Crippen LogP contribution < -0.4 is 21.1 Å². The Morgan fingerprint density at radius 1 is 0.808 bits per heavy atom. The van der Waals surface area contributed by atoms with Crippen molar-refractivity contribution < 1.29 is 33.2 Å². The lowest BCUT2D eigenvalue weighted by Crippen LogP contribution is -2.56. The third kappa shape index (κ3) is 12.6. The van der Waals surface area contributed by atoms with Crippen LogP contribution in [0.2, 0.25) is 0 Å². The van der Waals surface area contributed by atoms with Crippen LogP contribution in [0.4, 0.5) is 21.8 Å². The lowest BCUT2D eigenvalue weighted by molar-refractivity contribution is -0.142. The Kier molecular flexibility index (Phi) is 18.0. The molecule has 6 heterocycles. The predicted molar refractivity (Wildman–Crippen MR) is 296 cm³/mol. The number of pyridine rings is 2. The van der Waals surface area contributed by atoms with Crippen molar-refractivity contribution in [2.75, 3.05) is 50.0 Å². The quantitative estimate of drug-likeness (QED) is 0.0552. The number of ketones is 2. The zero-order valence-electron chi connectivity index (χ0n) is 45.3. The fraction of sp³-hybridized carbons (Fsp3) is 0.534. The number of anilines is 3. The van der Waals surface area contributed by atoms with Crippen LogP contribution >= 0.6 is 11.3 Å². The summed E-state index contributed by atoms with van der Waals surface area (Å²) >= 11 is 1.32. The highest BCUT2D eigenvalue weighted by Gasteiger charge is 2.41. The predicted octanol–water partition coefficient (Wildman–Crippen LogP) is 8.65. The molecule has 3 atom stereocenters. The molecule has 2 aliphatic heterocycles. The first kappa shape index (κ1) is 55.8. The number of amides is 4. The summed E-state index contributed by atoms with van der Waals surface area (Å²) in [6.45, 7) is 7.90. The van der Waals surface area contributed by atoms with Crippen LogP contribution in [0.15, 0.2) is 59.0 Å². The van der Waals surface area contributed by atoms with Crippen molar-refractivity contribution in [2.45, 2.75) is 154 Å². The summed E-state index contributed by atoms with van der Waals surface area (Å²) in [6.07, 6.45) is 16.9. The third-order valence-electron chi connectivity index (χ3n) is 16.5. The molecule has 1 aromatic carbocycles. The molecular weight excluding hydrogens is 1010 g/mol. The molecule has 2 N–H and O–H groups in total. The number of aryl methyl sites for hydroxylation is 1. The van der Waals surface area contributed by atoms with Crippen molar-refractivity contribution >= 4 is 75.0 Å². The largest absolute Gasteiger partial charge is 0.367 e. The number of Topliss-reactive ketones (excluding diaryl/α,β-unsaturated/α-hetero) is 1. The summed E-state index contributed by atoms with van der Waals surface area (Å²) in [5.41, 5.74) is 2.51. The van der Waals surface area contributed by atoms with Gasteiger partial charge in [-0.25, -0.2) is 19.3 Å². The molecule has 20 heteroatoms. The molecule has 0 radical (unpaired) electrons. The highest BCUT2D eigenvalue weighted by atomic mass is 32.1. The molecule has 0 bridgehead atoms. The van der Waals surface area contributed by atoms with Crippen molar-refractivity contribution in [3.05, 3.63) is 97.7 Å². The minimum Gasteiger partial charge on any atom is -0.367 e. The van der Waals surface area contributed by atoms with E-state index in [0.29, 0.717) is 97.3 Å². The van der Waals surface area contributed by atoms with E-state index in [1.54, 1.807) is 48.1 Å². The highest BCUT2D eigenvalue weighted by molar-refractivity contribution is 7.10. The number of carbonyl (C=O) groups excluding carboxylic acids is 6. The number of nitrogens with zero attached hydrogens (tertiary/aromatic N) is 9. The summed E-state index contributed by atoms with van der Waals surface area (Å²) in [6, 6.07) is 7.26. The minimum absolute atomic E-state index is 0.0206. The fourth-order valence-corrected chi connectivity index (χ4v) is 12.7. The Balaban J connectivity index is 0.696. The van der Waals surface area contributed by atoms with Crippen LogP contribution in [0.25, 0.3) is 11.0 Å². The molecule has 0 spiro atoms. The monoisotopic (exact) mass is 1090 g/mol. The van der Waals surface area contributed by atoms with E-state index in [4.69, 9.17) is 4.98 Å². The Labute approximate surface area is 458 Å². The fourth-order valence-electron chi connectivity index (χ4n) is 11.8.